The number of nitrogens with zero attached hydrogens (tertiary/aromatic N) is 2. The number of unbranched alkanes of at least 4 members (excludes halogenated alkanes) is 1. The van der Waals surface area contributed by atoms with Crippen LogP contribution < -0.4 is 10.1 Å². The summed E-state index contributed by atoms with van der Waals surface area (Å²) in [5, 5.41) is 2.90. The van der Waals surface area contributed by atoms with E-state index in [9.17, 15) is 17.6 Å². The number of sulfonamides is 1. The Morgan fingerprint density at radius 3 is 2.31 bits per heavy atom. The molecule has 0 spiro atoms. The first-order valence-corrected chi connectivity index (χ1v) is 12.3. The second-order valence-corrected chi connectivity index (χ2v) is 9.62. The maximum atomic E-state index is 13.1. The Bertz CT molecular complexity index is 973. The van der Waals surface area contributed by atoms with Crippen molar-refractivity contribution >= 4 is 15.9 Å². The highest BCUT2D eigenvalue weighted by Crippen LogP contribution is 2.18. The van der Waals surface area contributed by atoms with Crippen LogP contribution in [-0.4, -0.2) is 69.4 Å². The minimum absolute atomic E-state index is 0.0985. The van der Waals surface area contributed by atoms with Crippen LogP contribution in [0.25, 0.3) is 0 Å². The Morgan fingerprint density at radius 1 is 1.03 bits per heavy atom. The lowest BCUT2D eigenvalue weighted by Crippen LogP contribution is -2.50. The van der Waals surface area contributed by atoms with Crippen molar-refractivity contribution < 1.29 is 22.3 Å². The highest BCUT2D eigenvalue weighted by Gasteiger charge is 2.28. The van der Waals surface area contributed by atoms with E-state index >= 15 is 0 Å². The van der Waals surface area contributed by atoms with Gasteiger partial charge in [-0.15, -0.1) is 0 Å². The third-order valence-electron chi connectivity index (χ3n) is 5.38. The smallest absolute Gasteiger partial charge is 0.251 e. The van der Waals surface area contributed by atoms with Crippen molar-refractivity contribution in [1.82, 2.24) is 14.5 Å². The van der Waals surface area contributed by atoms with Crippen LogP contribution in [0, 0.1) is 5.82 Å². The molecule has 174 valence electrons. The maximum Gasteiger partial charge on any atom is 0.251 e. The molecule has 0 aliphatic carbocycles. The van der Waals surface area contributed by atoms with Gasteiger partial charge >= 0.3 is 0 Å². The molecule has 3 rings (SSSR count). The lowest BCUT2D eigenvalue weighted by Gasteiger charge is -2.33. The SMILES string of the molecule is CCCCOc1ccc(C(=O)NCCN2CCN(S(=O)(=O)c3ccc(F)cc3)CC2)cc1. The molecule has 1 heterocycles. The number of hydrogen-bond acceptors (Lipinski definition) is 5. The van der Waals surface area contributed by atoms with Gasteiger partial charge in [-0.05, 0) is 55.0 Å². The third kappa shape index (κ3) is 6.51. The molecule has 2 aromatic carbocycles. The van der Waals surface area contributed by atoms with Gasteiger partial charge < -0.3 is 10.1 Å². The van der Waals surface area contributed by atoms with E-state index in [2.05, 4.69) is 17.1 Å². The first-order valence-electron chi connectivity index (χ1n) is 10.9. The zero-order valence-corrected chi connectivity index (χ0v) is 19.1. The van der Waals surface area contributed by atoms with E-state index in [1.54, 1.807) is 24.3 Å². The summed E-state index contributed by atoms with van der Waals surface area (Å²) < 4.78 is 45.5. The van der Waals surface area contributed by atoms with Crippen LogP contribution in [-0.2, 0) is 10.0 Å². The third-order valence-corrected chi connectivity index (χ3v) is 7.29. The van der Waals surface area contributed by atoms with E-state index in [-0.39, 0.29) is 10.8 Å². The minimum Gasteiger partial charge on any atom is -0.494 e. The Labute approximate surface area is 189 Å². The van der Waals surface area contributed by atoms with Crippen molar-refractivity contribution in [3.8, 4) is 5.75 Å². The molecule has 1 saturated heterocycles. The lowest BCUT2D eigenvalue weighted by atomic mass is 10.2. The fourth-order valence-electron chi connectivity index (χ4n) is 3.42. The number of carbonyl (C=O) groups is 1. The molecule has 0 unspecified atom stereocenters. The molecule has 2 aromatic rings. The van der Waals surface area contributed by atoms with Gasteiger partial charge in [0.25, 0.3) is 5.91 Å². The molecule has 0 saturated carbocycles. The molecular formula is C23H30FN3O4S. The van der Waals surface area contributed by atoms with Gasteiger partial charge in [0.2, 0.25) is 10.0 Å². The summed E-state index contributed by atoms with van der Waals surface area (Å²) in [7, 11) is -3.62. The zero-order chi connectivity index (χ0) is 23.0. The molecule has 0 atom stereocenters. The highest BCUT2D eigenvalue weighted by atomic mass is 32.2. The van der Waals surface area contributed by atoms with Crippen molar-refractivity contribution in [2.24, 2.45) is 0 Å². The Balaban J connectivity index is 1.40. The van der Waals surface area contributed by atoms with Gasteiger partial charge in [0.15, 0.2) is 0 Å². The zero-order valence-electron chi connectivity index (χ0n) is 18.3. The standard InChI is InChI=1S/C23H30FN3O4S/c1-2-3-18-31-21-8-4-19(5-9-21)23(28)25-12-13-26-14-16-27(17-15-26)32(29,30)22-10-6-20(24)7-11-22/h4-11H,2-3,12-18H2,1H3,(H,25,28). The van der Waals surface area contributed by atoms with E-state index in [4.69, 9.17) is 4.74 Å². The largest absolute Gasteiger partial charge is 0.494 e. The van der Waals surface area contributed by atoms with Gasteiger partial charge in [-0.1, -0.05) is 13.3 Å². The predicted molar refractivity (Wildman–Crippen MR) is 121 cm³/mol. The van der Waals surface area contributed by atoms with Crippen molar-refractivity contribution in [1.29, 1.82) is 0 Å². The molecule has 0 bridgehead atoms. The van der Waals surface area contributed by atoms with Crippen LogP contribution in [0.4, 0.5) is 4.39 Å². The fraction of sp³-hybridized carbons (Fsp3) is 0.435. The summed E-state index contributed by atoms with van der Waals surface area (Å²) >= 11 is 0. The quantitative estimate of drug-likeness (QED) is 0.548. The second-order valence-electron chi connectivity index (χ2n) is 7.68. The second kappa shape index (κ2) is 11.4. The molecule has 1 N–H and O–H groups in total. The van der Waals surface area contributed by atoms with Gasteiger partial charge in [-0.2, -0.15) is 4.31 Å². The van der Waals surface area contributed by atoms with Crippen LogP contribution in [0.5, 0.6) is 5.75 Å². The molecule has 7 nitrogen and oxygen atoms in total. The van der Waals surface area contributed by atoms with Crippen molar-refractivity contribution in [3.05, 3.63) is 59.9 Å². The molecule has 1 aliphatic heterocycles. The number of hydrogen-bond donors (Lipinski definition) is 1. The number of piperazine rings is 1. The number of amides is 1. The summed E-state index contributed by atoms with van der Waals surface area (Å²) in [5.74, 6) is 0.137. The van der Waals surface area contributed by atoms with Crippen LogP contribution in [0.1, 0.15) is 30.1 Å². The topological polar surface area (TPSA) is 79.0 Å². The summed E-state index contributed by atoms with van der Waals surface area (Å²) in [6.45, 7) is 5.72. The van der Waals surface area contributed by atoms with Gasteiger partial charge in [0.05, 0.1) is 11.5 Å². The molecule has 1 amide bonds. The Kier molecular flexibility index (Phi) is 8.60. The van der Waals surface area contributed by atoms with E-state index < -0.39 is 15.8 Å². The average Bonchev–Trinajstić information content (AvgIpc) is 2.80. The minimum atomic E-state index is -3.62. The first kappa shape index (κ1) is 24.2. The number of nitrogens with one attached hydrogen (secondary N) is 1. The monoisotopic (exact) mass is 463 g/mol. The molecule has 9 heteroatoms. The number of ether oxygens (including phenoxy) is 1. The summed E-state index contributed by atoms with van der Waals surface area (Å²) in [5.41, 5.74) is 0.572. The molecule has 32 heavy (non-hydrogen) atoms. The maximum absolute atomic E-state index is 13.1. The molecule has 1 aliphatic rings. The number of rotatable bonds is 10. The van der Waals surface area contributed by atoms with E-state index in [0.29, 0.717) is 51.4 Å². The molecular weight excluding hydrogens is 433 g/mol. The fourth-order valence-corrected chi connectivity index (χ4v) is 4.84. The van der Waals surface area contributed by atoms with Crippen molar-refractivity contribution in [2.45, 2.75) is 24.7 Å². The molecule has 0 aromatic heterocycles. The van der Waals surface area contributed by atoms with Crippen LogP contribution in [0.15, 0.2) is 53.4 Å². The Hall–Kier alpha value is -2.49. The van der Waals surface area contributed by atoms with Gasteiger partial charge in [-0.25, -0.2) is 12.8 Å². The normalized spacial score (nSPS) is 15.4. The van der Waals surface area contributed by atoms with Crippen molar-refractivity contribution in [2.75, 3.05) is 45.9 Å². The number of halogens is 1. The van der Waals surface area contributed by atoms with E-state index in [1.165, 1.54) is 16.4 Å². The van der Waals surface area contributed by atoms with E-state index in [1.807, 2.05) is 0 Å². The van der Waals surface area contributed by atoms with E-state index in [0.717, 1.165) is 30.7 Å². The number of carbonyl (C=O) groups excluding carboxylic acids is 1. The van der Waals surface area contributed by atoms with Gasteiger partial charge in [-0.3, -0.25) is 9.69 Å². The average molecular weight is 464 g/mol. The molecule has 0 radical (unpaired) electrons. The highest BCUT2D eigenvalue weighted by molar-refractivity contribution is 7.89. The summed E-state index contributed by atoms with van der Waals surface area (Å²) in [6, 6.07) is 12.0. The van der Waals surface area contributed by atoms with Crippen LogP contribution in [0.2, 0.25) is 0 Å². The van der Waals surface area contributed by atoms with Crippen LogP contribution in [0.3, 0.4) is 0 Å². The molecule has 1 fully saturated rings. The Morgan fingerprint density at radius 2 is 1.69 bits per heavy atom. The van der Waals surface area contributed by atoms with Crippen LogP contribution >= 0.6 is 0 Å². The summed E-state index contributed by atoms with van der Waals surface area (Å²) in [6.07, 6.45) is 2.06. The number of benzene rings is 2. The predicted octanol–water partition coefficient (Wildman–Crippen LogP) is 2.74. The van der Waals surface area contributed by atoms with Crippen molar-refractivity contribution in [3.63, 3.8) is 0 Å². The van der Waals surface area contributed by atoms with Gasteiger partial charge in [0.1, 0.15) is 11.6 Å². The summed E-state index contributed by atoms with van der Waals surface area (Å²) in [4.78, 5) is 14.5. The lowest BCUT2D eigenvalue weighted by molar-refractivity contribution is 0.0945. The first-order chi connectivity index (χ1) is 15.4. The van der Waals surface area contributed by atoms with Gasteiger partial charge in [0, 0.05) is 44.8 Å².